The van der Waals surface area contributed by atoms with Crippen molar-refractivity contribution in [2.45, 2.75) is 37.0 Å². The average molecular weight is 422 g/mol. The summed E-state index contributed by atoms with van der Waals surface area (Å²) in [7, 11) is -0.0876. The number of carbonyl (C=O) groups excluding carboxylic acids is 1. The predicted molar refractivity (Wildman–Crippen MR) is 111 cm³/mol. The van der Waals surface area contributed by atoms with Crippen LogP contribution in [0.5, 0.6) is 5.75 Å². The van der Waals surface area contributed by atoms with Crippen molar-refractivity contribution in [1.29, 1.82) is 0 Å². The van der Waals surface area contributed by atoms with Crippen LogP contribution in [0.25, 0.3) is 0 Å². The number of sulfonamides is 1. The van der Waals surface area contributed by atoms with Crippen molar-refractivity contribution in [1.82, 2.24) is 9.21 Å². The number of hydrogen-bond acceptors (Lipinski definition) is 5. The van der Waals surface area contributed by atoms with Crippen molar-refractivity contribution in [3.8, 4) is 5.75 Å². The Bertz CT molecular complexity index is 865. The van der Waals surface area contributed by atoms with Gasteiger partial charge in [0.2, 0.25) is 15.9 Å². The van der Waals surface area contributed by atoms with Crippen LogP contribution >= 0.6 is 0 Å². The summed E-state index contributed by atoms with van der Waals surface area (Å²) in [4.78, 5) is 15.0. The highest BCUT2D eigenvalue weighted by Gasteiger charge is 2.40. The van der Waals surface area contributed by atoms with Crippen LogP contribution in [0.2, 0.25) is 0 Å². The molecule has 3 aliphatic rings. The zero-order valence-electron chi connectivity index (χ0n) is 17.3. The lowest BCUT2D eigenvalue weighted by Crippen LogP contribution is -2.47. The fraction of sp³-hybridized carbons (Fsp3) is 0.667. The Balaban J connectivity index is 1.48. The van der Waals surface area contributed by atoms with E-state index in [9.17, 15) is 13.2 Å². The molecule has 29 heavy (non-hydrogen) atoms. The van der Waals surface area contributed by atoms with Gasteiger partial charge in [-0.25, -0.2) is 8.42 Å². The monoisotopic (exact) mass is 421 g/mol. The summed E-state index contributed by atoms with van der Waals surface area (Å²) in [6.45, 7) is 2.36. The van der Waals surface area contributed by atoms with Gasteiger partial charge < -0.3 is 15.0 Å². The second kappa shape index (κ2) is 8.24. The van der Waals surface area contributed by atoms with Gasteiger partial charge in [-0.05, 0) is 62.3 Å². The largest absolute Gasteiger partial charge is 0.495 e. The lowest BCUT2D eigenvalue weighted by atomic mass is 9.86. The quantitative estimate of drug-likeness (QED) is 0.763. The zero-order chi connectivity index (χ0) is 20.6. The van der Waals surface area contributed by atoms with Gasteiger partial charge in [-0.15, -0.1) is 0 Å². The number of likely N-dealkylation sites (N-methyl/N-ethyl adjacent to an activating group) is 1. The van der Waals surface area contributed by atoms with Crippen LogP contribution in [0, 0.1) is 17.8 Å². The van der Waals surface area contributed by atoms with E-state index in [1.54, 1.807) is 12.1 Å². The molecule has 0 spiro atoms. The molecule has 3 atom stereocenters. The lowest BCUT2D eigenvalue weighted by Gasteiger charge is -2.31. The molecule has 0 aromatic heterocycles. The molecule has 1 aliphatic heterocycles. The third kappa shape index (κ3) is 4.29. The maximum Gasteiger partial charge on any atom is 0.243 e. The Hall–Kier alpha value is -1.64. The number of piperazine rings is 1. The molecule has 2 aliphatic carbocycles. The molecule has 1 heterocycles. The van der Waals surface area contributed by atoms with Gasteiger partial charge >= 0.3 is 0 Å². The summed E-state index contributed by atoms with van der Waals surface area (Å²) >= 11 is 0. The van der Waals surface area contributed by atoms with Crippen molar-refractivity contribution in [2.75, 3.05) is 45.7 Å². The van der Waals surface area contributed by atoms with E-state index in [1.165, 1.54) is 36.7 Å². The van der Waals surface area contributed by atoms with E-state index in [1.807, 2.05) is 7.05 Å². The fourth-order valence-electron chi connectivity index (χ4n) is 5.19. The van der Waals surface area contributed by atoms with Crippen molar-refractivity contribution in [3.63, 3.8) is 0 Å². The maximum absolute atomic E-state index is 13.1. The number of anilines is 1. The first-order chi connectivity index (χ1) is 13.9. The lowest BCUT2D eigenvalue weighted by molar-refractivity contribution is -0.117. The minimum absolute atomic E-state index is 0.0602. The number of carbonyl (C=O) groups is 1. The minimum atomic E-state index is -3.60. The fourth-order valence-corrected chi connectivity index (χ4v) is 6.64. The van der Waals surface area contributed by atoms with Crippen LogP contribution in [0.1, 0.15) is 32.1 Å². The number of amides is 1. The Morgan fingerprint density at radius 1 is 1.17 bits per heavy atom. The number of methoxy groups -OCH3 is 1. The Morgan fingerprint density at radius 2 is 1.93 bits per heavy atom. The van der Waals surface area contributed by atoms with Gasteiger partial charge in [-0.3, -0.25) is 4.79 Å². The van der Waals surface area contributed by atoms with Crippen LogP contribution in [-0.2, 0) is 14.8 Å². The first kappa shape index (κ1) is 20.6. The Kier molecular flexibility index (Phi) is 5.86. The molecule has 1 amide bonds. The van der Waals surface area contributed by atoms with E-state index in [-0.39, 0.29) is 10.8 Å². The molecular weight excluding hydrogens is 390 g/mol. The summed E-state index contributed by atoms with van der Waals surface area (Å²) < 4.78 is 33.0. The third-order valence-corrected chi connectivity index (χ3v) is 8.77. The van der Waals surface area contributed by atoms with E-state index in [0.29, 0.717) is 55.9 Å². The van der Waals surface area contributed by atoms with Gasteiger partial charge in [-0.2, -0.15) is 4.31 Å². The topological polar surface area (TPSA) is 79.0 Å². The molecule has 1 aromatic rings. The van der Waals surface area contributed by atoms with Crippen LogP contribution in [-0.4, -0.2) is 63.9 Å². The number of hydrogen-bond donors (Lipinski definition) is 1. The first-order valence-electron chi connectivity index (χ1n) is 10.5. The molecule has 8 heteroatoms. The van der Waals surface area contributed by atoms with Gasteiger partial charge in [-0.1, -0.05) is 6.42 Å². The van der Waals surface area contributed by atoms with Gasteiger partial charge in [0.1, 0.15) is 5.75 Å². The summed E-state index contributed by atoms with van der Waals surface area (Å²) in [6.07, 6.45) is 5.46. The molecule has 1 aromatic carbocycles. The zero-order valence-corrected chi connectivity index (χ0v) is 18.1. The molecule has 7 nitrogen and oxygen atoms in total. The van der Waals surface area contributed by atoms with Crippen LogP contribution in [0.15, 0.2) is 23.1 Å². The van der Waals surface area contributed by atoms with Crippen LogP contribution < -0.4 is 10.1 Å². The maximum atomic E-state index is 13.1. The van der Waals surface area contributed by atoms with Crippen molar-refractivity contribution in [2.24, 2.45) is 17.8 Å². The highest BCUT2D eigenvalue weighted by molar-refractivity contribution is 7.89. The number of rotatable bonds is 6. The molecule has 160 valence electrons. The van der Waals surface area contributed by atoms with Gasteiger partial charge in [0.05, 0.1) is 17.7 Å². The summed E-state index contributed by atoms with van der Waals surface area (Å²) in [5.74, 6) is 2.34. The van der Waals surface area contributed by atoms with Crippen molar-refractivity contribution < 1.29 is 17.9 Å². The normalized spacial score (nSPS) is 27.9. The molecule has 2 bridgehead atoms. The molecule has 1 N–H and O–H groups in total. The van der Waals surface area contributed by atoms with Gasteiger partial charge in [0.25, 0.3) is 0 Å². The van der Waals surface area contributed by atoms with E-state index >= 15 is 0 Å². The smallest absolute Gasteiger partial charge is 0.243 e. The minimum Gasteiger partial charge on any atom is -0.495 e. The summed E-state index contributed by atoms with van der Waals surface area (Å²) in [6, 6.07) is 4.71. The number of benzene rings is 1. The molecule has 2 saturated carbocycles. The first-order valence-corrected chi connectivity index (χ1v) is 12.0. The van der Waals surface area contributed by atoms with Crippen LogP contribution in [0.4, 0.5) is 5.69 Å². The highest BCUT2D eigenvalue weighted by Crippen LogP contribution is 2.49. The van der Waals surface area contributed by atoms with E-state index < -0.39 is 10.0 Å². The van der Waals surface area contributed by atoms with Crippen molar-refractivity contribution >= 4 is 21.6 Å². The number of fused-ring (bicyclic) bond motifs is 2. The molecule has 0 radical (unpaired) electrons. The Labute approximate surface area is 173 Å². The molecule has 0 unspecified atom stereocenters. The van der Waals surface area contributed by atoms with Crippen molar-refractivity contribution in [3.05, 3.63) is 18.2 Å². The van der Waals surface area contributed by atoms with E-state index in [4.69, 9.17) is 4.74 Å². The number of nitrogens with one attached hydrogen (secondary N) is 1. The second-order valence-corrected chi connectivity index (χ2v) is 10.7. The molecule has 1 saturated heterocycles. The molecular formula is C21H31N3O4S. The van der Waals surface area contributed by atoms with E-state index in [0.717, 1.165) is 12.3 Å². The third-order valence-electron chi connectivity index (χ3n) is 6.88. The Morgan fingerprint density at radius 3 is 2.55 bits per heavy atom. The SMILES string of the molecule is COc1ccc(S(=O)(=O)N2CCN(C)CC2)cc1NC(=O)C[C@@H]1C[C@@H]2CC[C@@H]1C2. The van der Waals surface area contributed by atoms with Crippen LogP contribution in [0.3, 0.4) is 0 Å². The predicted octanol–water partition coefficient (Wildman–Crippen LogP) is 2.40. The highest BCUT2D eigenvalue weighted by atomic mass is 32.2. The standard InChI is InChI=1S/C21H31N3O4S/c1-23-7-9-24(10-8-23)29(26,27)18-5-6-20(28-2)19(14-18)22-21(25)13-17-12-15-3-4-16(17)11-15/h5-6,14-17H,3-4,7-13H2,1-2H3,(H,22,25)/t15-,16-,17+/m1/s1. The van der Waals surface area contributed by atoms with E-state index in [2.05, 4.69) is 10.2 Å². The molecule has 3 fully saturated rings. The van der Waals surface area contributed by atoms with Gasteiger partial charge in [0.15, 0.2) is 0 Å². The second-order valence-electron chi connectivity index (χ2n) is 8.76. The number of nitrogens with zero attached hydrogens (tertiary/aromatic N) is 2. The summed E-state index contributed by atoms with van der Waals surface area (Å²) in [5, 5.41) is 2.92. The number of ether oxygens (including phenoxy) is 1. The average Bonchev–Trinajstić information content (AvgIpc) is 3.31. The summed E-state index contributed by atoms with van der Waals surface area (Å²) in [5.41, 5.74) is 0.427. The van der Waals surface area contributed by atoms with Gasteiger partial charge in [0, 0.05) is 32.6 Å². The molecule has 4 rings (SSSR count).